The normalized spacial score (nSPS) is 11.3. The number of carbonyl (C=O) groups excluding carboxylic acids is 1. The Morgan fingerprint density at radius 3 is 2.41 bits per heavy atom. The van der Waals surface area contributed by atoms with Crippen LogP contribution in [0.25, 0.3) is 21.8 Å². The molecule has 6 heteroatoms. The first-order valence-corrected chi connectivity index (χ1v) is 10.7. The molecule has 2 aromatic carbocycles. The van der Waals surface area contributed by atoms with Gasteiger partial charge in [0.05, 0.1) is 24.3 Å². The topological polar surface area (TPSA) is 56.0 Å². The SMILES string of the molecule is Cc1cc(CN(Cc2cc3ccccc3n2C)C(=O)c2ccc3ccccc3n2)nn1C. The van der Waals surface area contributed by atoms with Gasteiger partial charge in [-0.05, 0) is 42.6 Å². The van der Waals surface area contributed by atoms with Gasteiger partial charge in [0.1, 0.15) is 5.69 Å². The third-order valence-corrected chi connectivity index (χ3v) is 6.03. The van der Waals surface area contributed by atoms with Gasteiger partial charge in [0.25, 0.3) is 5.91 Å². The van der Waals surface area contributed by atoms with Crippen molar-refractivity contribution in [2.45, 2.75) is 20.0 Å². The zero-order valence-electron chi connectivity index (χ0n) is 18.5. The molecular weight excluding hydrogens is 398 g/mol. The lowest BCUT2D eigenvalue weighted by Gasteiger charge is -2.22. The molecule has 0 fully saturated rings. The van der Waals surface area contributed by atoms with Gasteiger partial charge in [-0.1, -0.05) is 42.5 Å². The first-order valence-electron chi connectivity index (χ1n) is 10.7. The third-order valence-electron chi connectivity index (χ3n) is 6.03. The molecule has 0 unspecified atom stereocenters. The predicted molar refractivity (Wildman–Crippen MR) is 126 cm³/mol. The van der Waals surface area contributed by atoms with E-state index in [9.17, 15) is 4.79 Å². The van der Waals surface area contributed by atoms with E-state index >= 15 is 0 Å². The van der Waals surface area contributed by atoms with E-state index in [4.69, 9.17) is 0 Å². The van der Waals surface area contributed by atoms with E-state index < -0.39 is 0 Å². The summed E-state index contributed by atoms with van der Waals surface area (Å²) in [5.41, 5.74) is 5.38. The molecule has 3 heterocycles. The van der Waals surface area contributed by atoms with Crippen molar-refractivity contribution in [3.8, 4) is 0 Å². The summed E-state index contributed by atoms with van der Waals surface area (Å²) in [7, 11) is 3.96. The van der Waals surface area contributed by atoms with E-state index in [1.54, 1.807) is 0 Å². The highest BCUT2D eigenvalue weighted by Crippen LogP contribution is 2.22. The number of benzene rings is 2. The number of hydrogen-bond acceptors (Lipinski definition) is 3. The van der Waals surface area contributed by atoms with Crippen LogP contribution in [0.4, 0.5) is 0 Å². The molecule has 0 aliphatic heterocycles. The second-order valence-corrected chi connectivity index (χ2v) is 8.20. The first-order chi connectivity index (χ1) is 15.5. The van der Waals surface area contributed by atoms with Gasteiger partial charge in [-0.3, -0.25) is 9.48 Å². The lowest BCUT2D eigenvalue weighted by Crippen LogP contribution is -2.31. The van der Waals surface area contributed by atoms with Crippen LogP contribution in [0.3, 0.4) is 0 Å². The molecule has 3 aromatic heterocycles. The van der Waals surface area contributed by atoms with Gasteiger partial charge < -0.3 is 9.47 Å². The summed E-state index contributed by atoms with van der Waals surface area (Å²) >= 11 is 0. The minimum Gasteiger partial charge on any atom is -0.346 e. The van der Waals surface area contributed by atoms with Crippen LogP contribution in [-0.2, 0) is 27.2 Å². The molecule has 0 aliphatic rings. The fourth-order valence-electron chi connectivity index (χ4n) is 4.15. The molecule has 0 spiro atoms. The fraction of sp³-hybridized carbons (Fsp3) is 0.192. The molecule has 0 aliphatic carbocycles. The second-order valence-electron chi connectivity index (χ2n) is 8.20. The number of pyridine rings is 1. The number of nitrogens with zero attached hydrogens (tertiary/aromatic N) is 5. The summed E-state index contributed by atoms with van der Waals surface area (Å²) in [6.45, 7) is 2.89. The van der Waals surface area contributed by atoms with Crippen molar-refractivity contribution in [1.29, 1.82) is 0 Å². The van der Waals surface area contributed by atoms with Crippen molar-refractivity contribution >= 4 is 27.7 Å². The van der Waals surface area contributed by atoms with Crippen LogP contribution in [-0.4, -0.2) is 30.1 Å². The summed E-state index contributed by atoms with van der Waals surface area (Å²) in [6.07, 6.45) is 0. The quantitative estimate of drug-likeness (QED) is 0.415. The summed E-state index contributed by atoms with van der Waals surface area (Å²) in [4.78, 5) is 20.1. The smallest absolute Gasteiger partial charge is 0.273 e. The predicted octanol–water partition coefficient (Wildman–Crippen LogP) is 4.61. The molecule has 0 bridgehead atoms. The number of aryl methyl sites for hydroxylation is 3. The molecule has 32 heavy (non-hydrogen) atoms. The van der Waals surface area contributed by atoms with Crippen LogP contribution in [0.5, 0.6) is 0 Å². The lowest BCUT2D eigenvalue weighted by atomic mass is 10.2. The molecule has 0 atom stereocenters. The maximum Gasteiger partial charge on any atom is 0.273 e. The molecule has 0 radical (unpaired) electrons. The molecule has 6 nitrogen and oxygen atoms in total. The van der Waals surface area contributed by atoms with Gasteiger partial charge in [-0.15, -0.1) is 0 Å². The van der Waals surface area contributed by atoms with E-state index in [1.807, 2.05) is 85.2 Å². The minimum absolute atomic E-state index is 0.107. The average molecular weight is 424 g/mol. The zero-order valence-corrected chi connectivity index (χ0v) is 18.5. The summed E-state index contributed by atoms with van der Waals surface area (Å²) in [5.74, 6) is -0.107. The standard InChI is InChI=1S/C26H25N5O/c1-18-14-21(28-30(18)3)16-31(17-22-15-20-9-5-7-11-25(20)29(22)2)26(32)24-13-12-19-8-4-6-10-23(19)27-24/h4-15H,16-17H2,1-3H3. The molecule has 1 amide bonds. The Morgan fingerprint density at radius 2 is 1.66 bits per heavy atom. The van der Waals surface area contributed by atoms with Gasteiger partial charge >= 0.3 is 0 Å². The van der Waals surface area contributed by atoms with Crippen LogP contribution < -0.4 is 0 Å². The highest BCUT2D eigenvalue weighted by Gasteiger charge is 2.21. The van der Waals surface area contributed by atoms with E-state index in [0.717, 1.165) is 38.9 Å². The fourth-order valence-corrected chi connectivity index (χ4v) is 4.15. The number of rotatable bonds is 5. The van der Waals surface area contributed by atoms with Crippen molar-refractivity contribution in [2.75, 3.05) is 0 Å². The minimum atomic E-state index is -0.107. The third kappa shape index (κ3) is 3.64. The number of hydrogen-bond donors (Lipinski definition) is 0. The Labute approximate surface area is 186 Å². The van der Waals surface area contributed by atoms with Gasteiger partial charge in [-0.25, -0.2) is 4.98 Å². The van der Waals surface area contributed by atoms with Crippen LogP contribution >= 0.6 is 0 Å². The van der Waals surface area contributed by atoms with E-state index in [1.165, 1.54) is 0 Å². The molecule has 5 rings (SSSR count). The van der Waals surface area contributed by atoms with Crippen molar-refractivity contribution in [3.05, 3.63) is 95.6 Å². The number of amides is 1. The summed E-state index contributed by atoms with van der Waals surface area (Å²) < 4.78 is 3.98. The Bertz CT molecular complexity index is 1430. The van der Waals surface area contributed by atoms with Crippen molar-refractivity contribution in [2.24, 2.45) is 14.1 Å². The van der Waals surface area contributed by atoms with Gasteiger partial charge in [0, 0.05) is 36.4 Å². The van der Waals surface area contributed by atoms with Crippen molar-refractivity contribution in [1.82, 2.24) is 24.2 Å². The van der Waals surface area contributed by atoms with E-state index in [-0.39, 0.29) is 5.91 Å². The second kappa shape index (κ2) is 7.96. The number of para-hydroxylation sites is 2. The summed E-state index contributed by atoms with van der Waals surface area (Å²) in [6, 6.07) is 24.0. The lowest BCUT2D eigenvalue weighted by molar-refractivity contribution is 0.0718. The molecular formula is C26H25N5O. The van der Waals surface area contributed by atoms with Gasteiger partial charge in [0.2, 0.25) is 0 Å². The Kier molecular flexibility index (Phi) is 4.98. The number of aromatic nitrogens is 4. The maximum absolute atomic E-state index is 13.6. The first kappa shape index (κ1) is 20.0. The molecule has 160 valence electrons. The van der Waals surface area contributed by atoms with Crippen LogP contribution in [0, 0.1) is 6.92 Å². The van der Waals surface area contributed by atoms with Gasteiger partial charge in [-0.2, -0.15) is 5.10 Å². The Hall–Kier alpha value is -3.93. The van der Waals surface area contributed by atoms with Crippen molar-refractivity contribution in [3.63, 3.8) is 0 Å². The van der Waals surface area contributed by atoms with Crippen LogP contribution in [0.15, 0.2) is 72.8 Å². The van der Waals surface area contributed by atoms with E-state index in [0.29, 0.717) is 18.8 Å². The molecule has 0 saturated carbocycles. The van der Waals surface area contributed by atoms with Gasteiger partial charge in [0.15, 0.2) is 0 Å². The zero-order chi connectivity index (χ0) is 22.2. The monoisotopic (exact) mass is 423 g/mol. The Balaban J connectivity index is 1.53. The largest absolute Gasteiger partial charge is 0.346 e. The highest BCUT2D eigenvalue weighted by atomic mass is 16.2. The molecule has 0 saturated heterocycles. The van der Waals surface area contributed by atoms with Crippen LogP contribution in [0.1, 0.15) is 27.6 Å². The summed E-state index contributed by atoms with van der Waals surface area (Å²) in [5, 5.41) is 6.76. The van der Waals surface area contributed by atoms with Crippen molar-refractivity contribution < 1.29 is 4.79 Å². The highest BCUT2D eigenvalue weighted by molar-refractivity contribution is 5.95. The molecule has 5 aromatic rings. The van der Waals surface area contributed by atoms with Crippen LogP contribution in [0.2, 0.25) is 0 Å². The number of fused-ring (bicyclic) bond motifs is 2. The Morgan fingerprint density at radius 1 is 0.906 bits per heavy atom. The average Bonchev–Trinajstić information content (AvgIpc) is 3.30. The van der Waals surface area contributed by atoms with E-state index in [2.05, 4.69) is 32.8 Å². The maximum atomic E-state index is 13.6. The molecule has 0 N–H and O–H groups in total. The number of carbonyl (C=O) groups is 1.